The minimum Gasteiger partial charge on any atom is -0.436 e. The van der Waals surface area contributed by atoms with Crippen LogP contribution in [0.2, 0.25) is 0 Å². The normalized spacial score (nSPS) is 21.0. The smallest absolute Gasteiger partial charge is 0.253 e. The number of carbonyl (C=O) groups is 2. The van der Waals surface area contributed by atoms with Gasteiger partial charge < -0.3 is 14.6 Å². The summed E-state index contributed by atoms with van der Waals surface area (Å²) in [6.45, 7) is 0.807. The van der Waals surface area contributed by atoms with Gasteiger partial charge in [-0.1, -0.05) is 31.4 Å². The lowest BCUT2D eigenvalue weighted by Crippen LogP contribution is -2.37. The van der Waals surface area contributed by atoms with Crippen LogP contribution in [0.1, 0.15) is 61.7 Å². The van der Waals surface area contributed by atoms with E-state index in [1.165, 1.54) is 32.1 Å². The van der Waals surface area contributed by atoms with E-state index < -0.39 is 0 Å². The van der Waals surface area contributed by atoms with Crippen molar-refractivity contribution in [1.82, 2.24) is 15.2 Å². The number of aromatic nitrogens is 1. The van der Waals surface area contributed by atoms with Crippen molar-refractivity contribution in [1.29, 1.82) is 0 Å². The standard InChI is InChI=1S/C28H33N3O3/c1-31(23-16-15-22(17-23)26(32)29-18-19-7-3-2-4-8-19)28(33)21-13-11-20(12-14-21)27-30-24-9-5-6-10-25(24)34-27/h5-6,9-14,19,22-23H,2-4,7-8,15-18H2,1H3,(H,29,32)/t22-,23+/m0/s1. The largest absolute Gasteiger partial charge is 0.436 e. The third kappa shape index (κ3) is 4.86. The second-order valence-corrected chi connectivity index (χ2v) is 9.89. The Morgan fingerprint density at radius 1 is 1.00 bits per heavy atom. The van der Waals surface area contributed by atoms with Crippen molar-refractivity contribution >= 4 is 22.9 Å². The quantitative estimate of drug-likeness (QED) is 0.533. The van der Waals surface area contributed by atoms with Gasteiger partial charge in [-0.15, -0.1) is 0 Å². The average Bonchev–Trinajstić information content (AvgIpc) is 3.55. The molecule has 1 N–H and O–H groups in total. The van der Waals surface area contributed by atoms with E-state index in [1.807, 2.05) is 60.5 Å². The molecule has 178 valence electrons. The summed E-state index contributed by atoms with van der Waals surface area (Å²) in [4.78, 5) is 32.2. The number of hydrogen-bond donors (Lipinski definition) is 1. The first kappa shape index (κ1) is 22.6. The van der Waals surface area contributed by atoms with Gasteiger partial charge in [-0.25, -0.2) is 4.98 Å². The number of nitrogens with zero attached hydrogens (tertiary/aromatic N) is 2. The van der Waals surface area contributed by atoms with Gasteiger partial charge in [-0.2, -0.15) is 0 Å². The molecule has 2 aromatic carbocycles. The molecular weight excluding hydrogens is 426 g/mol. The minimum atomic E-state index is -0.0163. The number of para-hydroxylation sites is 2. The van der Waals surface area contributed by atoms with E-state index in [-0.39, 0.29) is 23.8 Å². The number of hydrogen-bond acceptors (Lipinski definition) is 4. The maximum absolute atomic E-state index is 13.1. The van der Waals surface area contributed by atoms with Crippen molar-refractivity contribution < 1.29 is 14.0 Å². The molecule has 0 aliphatic heterocycles. The number of carbonyl (C=O) groups excluding carboxylic acids is 2. The molecule has 1 heterocycles. The highest BCUT2D eigenvalue weighted by Gasteiger charge is 2.34. The van der Waals surface area contributed by atoms with Gasteiger partial charge in [0.1, 0.15) is 5.52 Å². The van der Waals surface area contributed by atoms with E-state index in [0.717, 1.165) is 42.5 Å². The molecule has 2 aliphatic carbocycles. The molecular formula is C28H33N3O3. The molecule has 6 heteroatoms. The van der Waals surface area contributed by atoms with Gasteiger partial charge >= 0.3 is 0 Å². The molecule has 2 atom stereocenters. The highest BCUT2D eigenvalue weighted by molar-refractivity contribution is 5.95. The molecule has 0 spiro atoms. The third-order valence-corrected chi connectivity index (χ3v) is 7.61. The van der Waals surface area contributed by atoms with Gasteiger partial charge in [0, 0.05) is 36.7 Å². The fourth-order valence-corrected chi connectivity index (χ4v) is 5.45. The fourth-order valence-electron chi connectivity index (χ4n) is 5.45. The number of fused-ring (bicyclic) bond motifs is 1. The second-order valence-electron chi connectivity index (χ2n) is 9.89. The van der Waals surface area contributed by atoms with Crippen molar-refractivity contribution in [3.8, 4) is 11.5 Å². The van der Waals surface area contributed by atoms with E-state index in [9.17, 15) is 9.59 Å². The molecule has 3 aromatic rings. The predicted molar refractivity (Wildman–Crippen MR) is 132 cm³/mol. The first-order chi connectivity index (χ1) is 16.6. The molecule has 6 nitrogen and oxygen atoms in total. The zero-order valence-corrected chi connectivity index (χ0v) is 19.8. The van der Waals surface area contributed by atoms with Crippen LogP contribution >= 0.6 is 0 Å². The van der Waals surface area contributed by atoms with E-state index in [1.54, 1.807) is 0 Å². The number of benzene rings is 2. The van der Waals surface area contributed by atoms with Crippen molar-refractivity contribution in [3.05, 3.63) is 54.1 Å². The summed E-state index contributed by atoms with van der Waals surface area (Å²) in [6, 6.07) is 15.2. The highest BCUT2D eigenvalue weighted by Crippen LogP contribution is 2.31. The Balaban J connectivity index is 1.16. The van der Waals surface area contributed by atoms with Gasteiger partial charge in [-0.3, -0.25) is 9.59 Å². The van der Waals surface area contributed by atoms with Crippen LogP contribution in [0.5, 0.6) is 0 Å². The zero-order valence-electron chi connectivity index (χ0n) is 19.8. The molecule has 0 bridgehead atoms. The summed E-state index contributed by atoms with van der Waals surface area (Å²) < 4.78 is 5.83. The Bertz CT molecular complexity index is 1110. The van der Waals surface area contributed by atoms with Gasteiger partial charge in [0.2, 0.25) is 11.8 Å². The predicted octanol–water partition coefficient (Wildman–Crippen LogP) is 5.43. The van der Waals surface area contributed by atoms with E-state index >= 15 is 0 Å². The Morgan fingerprint density at radius 2 is 1.76 bits per heavy atom. The molecule has 2 aliphatic rings. The number of oxazole rings is 1. The van der Waals surface area contributed by atoms with Crippen molar-refractivity contribution in [3.63, 3.8) is 0 Å². The fraction of sp³-hybridized carbons (Fsp3) is 0.464. The van der Waals surface area contributed by atoms with E-state index in [4.69, 9.17) is 4.42 Å². The van der Waals surface area contributed by atoms with Crippen LogP contribution in [-0.4, -0.2) is 41.3 Å². The minimum absolute atomic E-state index is 0.00498. The Labute approximate surface area is 200 Å². The summed E-state index contributed by atoms with van der Waals surface area (Å²) in [7, 11) is 1.85. The highest BCUT2D eigenvalue weighted by atomic mass is 16.3. The molecule has 0 saturated heterocycles. The lowest BCUT2D eigenvalue weighted by atomic mass is 9.89. The number of amides is 2. The van der Waals surface area contributed by atoms with Crippen molar-refractivity contribution in [2.75, 3.05) is 13.6 Å². The summed E-state index contributed by atoms with van der Waals surface area (Å²) in [5.74, 6) is 1.34. The van der Waals surface area contributed by atoms with Crippen LogP contribution in [0.15, 0.2) is 52.9 Å². The van der Waals surface area contributed by atoms with Gasteiger partial charge in [0.05, 0.1) is 0 Å². The van der Waals surface area contributed by atoms with E-state index in [0.29, 0.717) is 17.4 Å². The molecule has 1 aromatic heterocycles. The third-order valence-electron chi connectivity index (χ3n) is 7.61. The topological polar surface area (TPSA) is 75.4 Å². The second kappa shape index (κ2) is 10.00. The Morgan fingerprint density at radius 3 is 2.53 bits per heavy atom. The summed E-state index contributed by atoms with van der Waals surface area (Å²) in [6.07, 6.45) is 8.81. The summed E-state index contributed by atoms with van der Waals surface area (Å²) in [5, 5.41) is 3.19. The molecule has 0 unspecified atom stereocenters. The van der Waals surface area contributed by atoms with Crippen LogP contribution < -0.4 is 5.32 Å². The van der Waals surface area contributed by atoms with Gasteiger partial charge in [-0.05, 0) is 74.4 Å². The average molecular weight is 460 g/mol. The number of rotatable bonds is 6. The van der Waals surface area contributed by atoms with E-state index in [2.05, 4.69) is 10.3 Å². The van der Waals surface area contributed by atoms with Crippen LogP contribution in [0.3, 0.4) is 0 Å². The summed E-state index contributed by atoms with van der Waals surface area (Å²) in [5.41, 5.74) is 3.03. The maximum Gasteiger partial charge on any atom is 0.253 e. The van der Waals surface area contributed by atoms with Crippen molar-refractivity contribution in [2.45, 2.75) is 57.4 Å². The molecule has 2 fully saturated rings. The van der Waals surface area contributed by atoms with Crippen LogP contribution in [-0.2, 0) is 4.79 Å². The maximum atomic E-state index is 13.1. The SMILES string of the molecule is CN(C(=O)c1ccc(-c2nc3ccccc3o2)cc1)[C@@H]1CC[C@H](C(=O)NCC2CCCCC2)C1. The lowest BCUT2D eigenvalue weighted by Gasteiger charge is -2.25. The van der Waals surface area contributed by atoms with Crippen LogP contribution in [0.4, 0.5) is 0 Å². The van der Waals surface area contributed by atoms with Gasteiger partial charge in [0.25, 0.3) is 5.91 Å². The molecule has 0 radical (unpaired) electrons. The van der Waals surface area contributed by atoms with Crippen LogP contribution in [0.25, 0.3) is 22.6 Å². The van der Waals surface area contributed by atoms with Gasteiger partial charge in [0.15, 0.2) is 5.58 Å². The van der Waals surface area contributed by atoms with Crippen molar-refractivity contribution in [2.24, 2.45) is 11.8 Å². The Kier molecular flexibility index (Phi) is 6.66. The molecule has 2 saturated carbocycles. The zero-order chi connectivity index (χ0) is 23.5. The summed E-state index contributed by atoms with van der Waals surface area (Å²) >= 11 is 0. The first-order valence-corrected chi connectivity index (χ1v) is 12.6. The number of nitrogens with one attached hydrogen (secondary N) is 1. The van der Waals surface area contributed by atoms with Crippen LogP contribution in [0, 0.1) is 11.8 Å². The monoisotopic (exact) mass is 459 g/mol. The lowest BCUT2D eigenvalue weighted by molar-refractivity contribution is -0.125. The molecule has 2 amide bonds. The molecule has 5 rings (SSSR count). The first-order valence-electron chi connectivity index (χ1n) is 12.6. The molecule has 34 heavy (non-hydrogen) atoms. The Hall–Kier alpha value is -3.15.